The van der Waals surface area contributed by atoms with Crippen LogP contribution in [0.1, 0.15) is 31.8 Å². The number of ketones is 1. The number of carbonyl (C=O) groups is 3. The minimum Gasteiger partial charge on any atom is -0.507 e. The molecule has 3 aromatic rings. The first kappa shape index (κ1) is 21.7. The zero-order valence-corrected chi connectivity index (χ0v) is 19.0. The fourth-order valence-electron chi connectivity index (χ4n) is 3.42. The first-order valence-electron chi connectivity index (χ1n) is 9.42. The molecule has 1 N–H and O–H groups in total. The number of hydrogen-bond donors (Lipinski definition) is 1. The van der Waals surface area contributed by atoms with Gasteiger partial charge in [-0.15, -0.1) is 11.3 Å². The lowest BCUT2D eigenvalue weighted by Gasteiger charge is -2.21. The molecule has 0 bridgehead atoms. The smallest absolute Gasteiger partial charge is 0.350 e. The number of rotatable bonds is 5. The molecule has 1 amide bonds. The Labute approximate surface area is 191 Å². The number of thiazole rings is 1. The van der Waals surface area contributed by atoms with Gasteiger partial charge in [-0.1, -0.05) is 17.4 Å². The fourth-order valence-corrected chi connectivity index (χ4v) is 5.25. The summed E-state index contributed by atoms with van der Waals surface area (Å²) < 4.78 is 9.92. The van der Waals surface area contributed by atoms with Crippen LogP contribution in [0.4, 0.5) is 5.13 Å². The molecule has 8 nitrogen and oxygen atoms in total. The topological polar surface area (TPSA) is 106 Å². The fraction of sp³-hybridized carbons (Fsp3) is 0.182. The van der Waals surface area contributed by atoms with Crippen LogP contribution in [0.3, 0.4) is 0 Å². The second-order valence-corrected chi connectivity index (χ2v) is 8.77. The van der Waals surface area contributed by atoms with E-state index in [0.29, 0.717) is 21.9 Å². The van der Waals surface area contributed by atoms with Crippen molar-refractivity contribution < 1.29 is 29.0 Å². The Morgan fingerprint density at radius 2 is 1.88 bits per heavy atom. The molecule has 0 spiro atoms. The third-order valence-electron chi connectivity index (χ3n) is 4.98. The van der Waals surface area contributed by atoms with E-state index < -0.39 is 23.7 Å². The summed E-state index contributed by atoms with van der Waals surface area (Å²) in [6, 6.07) is 9.20. The van der Waals surface area contributed by atoms with Crippen LogP contribution >= 0.6 is 22.7 Å². The minimum atomic E-state index is -0.881. The van der Waals surface area contributed by atoms with Crippen LogP contribution in [0.25, 0.3) is 5.76 Å². The van der Waals surface area contributed by atoms with Gasteiger partial charge in [0, 0.05) is 10.4 Å². The molecule has 32 heavy (non-hydrogen) atoms. The molecule has 2 aromatic heterocycles. The van der Waals surface area contributed by atoms with Gasteiger partial charge in [0.15, 0.2) is 5.13 Å². The molecule has 3 heterocycles. The van der Waals surface area contributed by atoms with Crippen molar-refractivity contribution in [1.29, 1.82) is 0 Å². The second kappa shape index (κ2) is 8.56. The summed E-state index contributed by atoms with van der Waals surface area (Å²) in [7, 11) is 2.78. The highest BCUT2D eigenvalue weighted by molar-refractivity contribution is 7.18. The third-order valence-corrected chi connectivity index (χ3v) is 7.04. The molecule has 0 unspecified atom stereocenters. The van der Waals surface area contributed by atoms with E-state index in [1.165, 1.54) is 30.5 Å². The SMILES string of the molecule is COC(=O)c1sc(N2C(=O)C(=O)C(=C(O)c3ccc(OC)cc3)[C@@H]2c2cccs2)nc1C. The van der Waals surface area contributed by atoms with Gasteiger partial charge >= 0.3 is 11.9 Å². The molecule has 1 atom stereocenters. The molecule has 0 radical (unpaired) electrons. The van der Waals surface area contributed by atoms with Crippen LogP contribution in [-0.2, 0) is 14.3 Å². The summed E-state index contributed by atoms with van der Waals surface area (Å²) in [4.78, 5) is 44.7. The van der Waals surface area contributed by atoms with Crippen molar-refractivity contribution in [2.24, 2.45) is 0 Å². The summed E-state index contributed by atoms with van der Waals surface area (Å²) in [5.41, 5.74) is 0.713. The van der Waals surface area contributed by atoms with Crippen LogP contribution in [0.15, 0.2) is 47.4 Å². The molecule has 1 saturated heterocycles. The number of aromatic nitrogens is 1. The van der Waals surface area contributed by atoms with Crippen molar-refractivity contribution in [1.82, 2.24) is 4.98 Å². The molecule has 1 aromatic carbocycles. The van der Waals surface area contributed by atoms with Gasteiger partial charge in [0.1, 0.15) is 22.4 Å². The maximum Gasteiger partial charge on any atom is 0.350 e. The first-order valence-corrected chi connectivity index (χ1v) is 11.1. The van der Waals surface area contributed by atoms with Gasteiger partial charge in [0.2, 0.25) is 0 Å². The van der Waals surface area contributed by atoms with E-state index in [0.717, 1.165) is 11.3 Å². The molecular weight excluding hydrogens is 452 g/mol. The zero-order chi connectivity index (χ0) is 23.0. The minimum absolute atomic E-state index is 0.0462. The predicted molar refractivity (Wildman–Crippen MR) is 120 cm³/mol. The number of methoxy groups -OCH3 is 2. The first-order chi connectivity index (χ1) is 15.4. The van der Waals surface area contributed by atoms with Gasteiger partial charge in [0.25, 0.3) is 5.78 Å². The van der Waals surface area contributed by atoms with Crippen molar-refractivity contribution in [2.75, 3.05) is 19.1 Å². The average molecular weight is 471 g/mol. The van der Waals surface area contributed by atoms with Crippen LogP contribution < -0.4 is 9.64 Å². The number of esters is 1. The largest absolute Gasteiger partial charge is 0.507 e. The van der Waals surface area contributed by atoms with E-state index in [9.17, 15) is 19.5 Å². The number of Topliss-reactive ketones (excluding diaryl/α,β-unsaturated/α-hetero) is 1. The lowest BCUT2D eigenvalue weighted by molar-refractivity contribution is -0.132. The molecule has 10 heteroatoms. The van der Waals surface area contributed by atoms with E-state index >= 15 is 0 Å². The van der Waals surface area contributed by atoms with E-state index in [4.69, 9.17) is 9.47 Å². The standard InChI is InChI=1S/C22H18N2O6S2/c1-11-19(21(28)30-3)32-22(23-11)24-16(14-5-4-10-31-14)15(18(26)20(24)27)17(25)12-6-8-13(29-2)9-7-12/h4-10,16,25H,1-3H3/t16-/m0/s1. The third kappa shape index (κ3) is 3.57. The summed E-state index contributed by atoms with van der Waals surface area (Å²) in [5, 5.41) is 13.0. The number of hydrogen-bond acceptors (Lipinski definition) is 9. The number of aliphatic hydroxyl groups is 1. The summed E-state index contributed by atoms with van der Waals surface area (Å²) >= 11 is 2.30. The Morgan fingerprint density at radius 3 is 2.47 bits per heavy atom. The maximum absolute atomic E-state index is 13.1. The molecule has 1 fully saturated rings. The number of anilines is 1. The van der Waals surface area contributed by atoms with Gasteiger partial charge in [0.05, 0.1) is 25.5 Å². The van der Waals surface area contributed by atoms with Crippen molar-refractivity contribution in [3.8, 4) is 5.75 Å². The number of aryl methyl sites for hydroxylation is 1. The highest BCUT2D eigenvalue weighted by atomic mass is 32.1. The number of thiophene rings is 1. The predicted octanol–water partition coefficient (Wildman–Crippen LogP) is 3.93. The van der Waals surface area contributed by atoms with E-state index in [1.807, 2.05) is 5.38 Å². The molecule has 0 saturated carbocycles. The normalized spacial score (nSPS) is 17.6. The van der Waals surface area contributed by atoms with Crippen molar-refractivity contribution in [3.05, 3.63) is 68.4 Å². The van der Waals surface area contributed by atoms with Crippen molar-refractivity contribution in [2.45, 2.75) is 13.0 Å². The number of nitrogens with zero attached hydrogens (tertiary/aromatic N) is 2. The highest BCUT2D eigenvalue weighted by Crippen LogP contribution is 2.45. The second-order valence-electron chi connectivity index (χ2n) is 6.82. The van der Waals surface area contributed by atoms with Crippen LogP contribution in [0, 0.1) is 6.92 Å². The lowest BCUT2D eigenvalue weighted by atomic mass is 10.00. The van der Waals surface area contributed by atoms with E-state index in [2.05, 4.69) is 4.98 Å². The number of aliphatic hydroxyl groups excluding tert-OH is 1. The quantitative estimate of drug-likeness (QED) is 0.261. The number of ether oxygens (including phenoxy) is 2. The van der Waals surface area contributed by atoms with Gasteiger partial charge < -0.3 is 14.6 Å². The van der Waals surface area contributed by atoms with Gasteiger partial charge in [-0.3, -0.25) is 14.5 Å². The van der Waals surface area contributed by atoms with Crippen molar-refractivity contribution >= 4 is 51.2 Å². The Hall–Kier alpha value is -3.50. The van der Waals surface area contributed by atoms with Crippen LogP contribution in [-0.4, -0.2) is 42.0 Å². The zero-order valence-electron chi connectivity index (χ0n) is 17.3. The number of carbonyl (C=O) groups excluding carboxylic acids is 3. The number of amides is 1. The van der Waals surface area contributed by atoms with E-state index in [-0.39, 0.29) is 21.3 Å². The monoisotopic (exact) mass is 470 g/mol. The molecular formula is C22H18N2O6S2. The van der Waals surface area contributed by atoms with Gasteiger partial charge in [-0.25, -0.2) is 9.78 Å². The molecule has 1 aliphatic rings. The van der Waals surface area contributed by atoms with Gasteiger partial charge in [-0.05, 0) is 42.6 Å². The highest BCUT2D eigenvalue weighted by Gasteiger charge is 2.48. The number of benzene rings is 1. The summed E-state index contributed by atoms with van der Waals surface area (Å²) in [5.74, 6) is -1.94. The van der Waals surface area contributed by atoms with Crippen molar-refractivity contribution in [3.63, 3.8) is 0 Å². The molecule has 0 aliphatic carbocycles. The van der Waals surface area contributed by atoms with Gasteiger partial charge in [-0.2, -0.15) is 0 Å². The summed E-state index contributed by atoms with van der Waals surface area (Å²) in [6.45, 7) is 1.63. The lowest BCUT2D eigenvalue weighted by Crippen LogP contribution is -2.29. The Kier molecular flexibility index (Phi) is 5.81. The summed E-state index contributed by atoms with van der Waals surface area (Å²) in [6.07, 6.45) is 0. The molecule has 164 valence electrons. The molecule has 1 aliphatic heterocycles. The van der Waals surface area contributed by atoms with E-state index in [1.54, 1.807) is 43.3 Å². The Morgan fingerprint density at radius 1 is 1.16 bits per heavy atom. The van der Waals surface area contributed by atoms with Crippen LogP contribution in [0.5, 0.6) is 5.75 Å². The van der Waals surface area contributed by atoms with Crippen LogP contribution in [0.2, 0.25) is 0 Å². The maximum atomic E-state index is 13.1. The Bertz CT molecular complexity index is 1230. The Balaban J connectivity index is 1.88. The molecule has 4 rings (SSSR count). The average Bonchev–Trinajstić information content (AvgIpc) is 3.52.